The van der Waals surface area contributed by atoms with Gasteiger partial charge in [-0.3, -0.25) is 0 Å². The zero-order chi connectivity index (χ0) is 16.8. The zero-order valence-electron chi connectivity index (χ0n) is 15.1. The monoisotopic (exact) mass is 321 g/mol. The van der Waals surface area contributed by atoms with Gasteiger partial charge in [0.2, 0.25) is 0 Å². The van der Waals surface area contributed by atoms with Crippen LogP contribution >= 0.6 is 0 Å². The van der Waals surface area contributed by atoms with Gasteiger partial charge < -0.3 is 15.9 Å². The standard InChI is InChI=1S/C20H35NO2/c1-19(2)8-7-15-16(11-21)18(5-4-17(15)19)20(3)9-6-14(23)10-13(20)12-22/h13-14,16,18,22-23H,4-12,21H2,1-3H3/t13-,14+,16+,18?,20?/m1/s1. The van der Waals surface area contributed by atoms with Crippen LogP contribution in [-0.2, 0) is 0 Å². The van der Waals surface area contributed by atoms with E-state index in [4.69, 9.17) is 5.73 Å². The molecule has 3 nitrogen and oxygen atoms in total. The molecule has 3 rings (SSSR count). The first-order valence-corrected chi connectivity index (χ1v) is 9.55. The molecule has 3 heteroatoms. The fourth-order valence-electron chi connectivity index (χ4n) is 6.10. The van der Waals surface area contributed by atoms with E-state index in [-0.39, 0.29) is 24.0 Å². The van der Waals surface area contributed by atoms with E-state index in [9.17, 15) is 10.2 Å². The first-order chi connectivity index (χ1) is 10.8. The number of aliphatic hydroxyl groups is 2. The molecule has 5 atom stereocenters. The molecule has 0 aliphatic heterocycles. The van der Waals surface area contributed by atoms with Crippen molar-refractivity contribution in [3.63, 3.8) is 0 Å². The van der Waals surface area contributed by atoms with Crippen molar-refractivity contribution in [1.29, 1.82) is 0 Å². The van der Waals surface area contributed by atoms with Crippen LogP contribution < -0.4 is 5.73 Å². The minimum Gasteiger partial charge on any atom is -0.396 e. The van der Waals surface area contributed by atoms with Crippen LogP contribution in [0.15, 0.2) is 11.1 Å². The lowest BCUT2D eigenvalue weighted by atomic mass is 9.53. The smallest absolute Gasteiger partial charge is 0.0544 e. The molecule has 0 aromatic rings. The van der Waals surface area contributed by atoms with Gasteiger partial charge in [0.15, 0.2) is 0 Å². The molecule has 3 aliphatic rings. The van der Waals surface area contributed by atoms with Crippen LogP contribution in [-0.4, -0.2) is 29.5 Å². The van der Waals surface area contributed by atoms with E-state index in [0.717, 1.165) is 25.8 Å². The van der Waals surface area contributed by atoms with Crippen LogP contribution in [0.5, 0.6) is 0 Å². The Hall–Kier alpha value is -0.380. The van der Waals surface area contributed by atoms with Crippen molar-refractivity contribution in [2.45, 2.75) is 71.8 Å². The number of hydrogen-bond acceptors (Lipinski definition) is 3. The molecule has 132 valence electrons. The van der Waals surface area contributed by atoms with Crippen molar-refractivity contribution >= 4 is 0 Å². The minimum absolute atomic E-state index is 0.114. The van der Waals surface area contributed by atoms with E-state index in [1.54, 1.807) is 11.1 Å². The molecule has 0 heterocycles. The molecule has 0 aromatic carbocycles. The summed E-state index contributed by atoms with van der Waals surface area (Å²) < 4.78 is 0. The Morgan fingerprint density at radius 1 is 1.13 bits per heavy atom. The third-order valence-electron chi connectivity index (χ3n) is 7.69. The second-order valence-corrected chi connectivity index (χ2v) is 9.19. The van der Waals surface area contributed by atoms with E-state index in [1.807, 2.05) is 0 Å². The van der Waals surface area contributed by atoms with Gasteiger partial charge in [-0.05, 0) is 80.1 Å². The van der Waals surface area contributed by atoms with Gasteiger partial charge in [-0.2, -0.15) is 0 Å². The summed E-state index contributed by atoms with van der Waals surface area (Å²) in [4.78, 5) is 0. The van der Waals surface area contributed by atoms with Gasteiger partial charge in [0.25, 0.3) is 0 Å². The quantitative estimate of drug-likeness (QED) is 0.699. The SMILES string of the molecule is CC1(C)CCC2=C1CCC(C1(C)CC[C@H](O)C[C@@H]1CO)[C@H]2CN. The summed E-state index contributed by atoms with van der Waals surface area (Å²) in [6.07, 6.45) is 7.29. The first-order valence-electron chi connectivity index (χ1n) is 9.55. The normalized spacial score (nSPS) is 43.6. The number of rotatable bonds is 3. The summed E-state index contributed by atoms with van der Waals surface area (Å²) in [5.74, 6) is 1.25. The summed E-state index contributed by atoms with van der Waals surface area (Å²) in [7, 11) is 0. The lowest BCUT2D eigenvalue weighted by molar-refractivity contribution is -0.0575. The molecular weight excluding hydrogens is 286 g/mol. The Kier molecular flexibility index (Phi) is 4.67. The number of nitrogens with two attached hydrogens (primary N) is 1. The lowest BCUT2D eigenvalue weighted by Gasteiger charge is -2.52. The van der Waals surface area contributed by atoms with Crippen molar-refractivity contribution in [3.8, 4) is 0 Å². The van der Waals surface area contributed by atoms with Crippen molar-refractivity contribution < 1.29 is 10.2 Å². The largest absolute Gasteiger partial charge is 0.396 e. The molecule has 0 spiro atoms. The molecule has 0 radical (unpaired) electrons. The molecule has 0 bridgehead atoms. The summed E-state index contributed by atoms with van der Waals surface area (Å²) in [6, 6.07) is 0. The highest BCUT2D eigenvalue weighted by Gasteiger charge is 2.50. The molecule has 1 saturated carbocycles. The molecule has 3 aliphatic carbocycles. The van der Waals surface area contributed by atoms with E-state index in [2.05, 4.69) is 20.8 Å². The van der Waals surface area contributed by atoms with Gasteiger partial charge in [-0.15, -0.1) is 0 Å². The predicted octanol–water partition coefficient (Wildman–Crippen LogP) is 3.25. The maximum atomic E-state index is 10.0. The van der Waals surface area contributed by atoms with E-state index in [1.165, 1.54) is 25.7 Å². The highest BCUT2D eigenvalue weighted by atomic mass is 16.3. The molecule has 4 N–H and O–H groups in total. The Morgan fingerprint density at radius 2 is 1.87 bits per heavy atom. The minimum atomic E-state index is -0.236. The molecule has 0 amide bonds. The Morgan fingerprint density at radius 3 is 2.52 bits per heavy atom. The number of allylic oxidation sites excluding steroid dienone is 1. The lowest BCUT2D eigenvalue weighted by Crippen LogP contribution is -2.48. The van der Waals surface area contributed by atoms with Crippen LogP contribution in [0, 0.1) is 28.6 Å². The van der Waals surface area contributed by atoms with Gasteiger partial charge in [0, 0.05) is 6.61 Å². The summed E-state index contributed by atoms with van der Waals surface area (Å²) >= 11 is 0. The average Bonchev–Trinajstić information content (AvgIpc) is 2.84. The highest BCUT2D eigenvalue weighted by molar-refractivity contribution is 5.32. The second kappa shape index (κ2) is 6.16. The Bertz CT molecular complexity index is 484. The zero-order valence-corrected chi connectivity index (χ0v) is 15.1. The number of hydrogen-bond donors (Lipinski definition) is 3. The Labute approximate surface area is 141 Å². The number of aliphatic hydroxyl groups excluding tert-OH is 2. The predicted molar refractivity (Wildman–Crippen MR) is 93.9 cm³/mol. The second-order valence-electron chi connectivity index (χ2n) is 9.19. The van der Waals surface area contributed by atoms with Gasteiger partial charge in [-0.25, -0.2) is 0 Å². The average molecular weight is 322 g/mol. The van der Waals surface area contributed by atoms with Gasteiger partial charge >= 0.3 is 0 Å². The van der Waals surface area contributed by atoms with Crippen LogP contribution in [0.3, 0.4) is 0 Å². The van der Waals surface area contributed by atoms with E-state index >= 15 is 0 Å². The van der Waals surface area contributed by atoms with Gasteiger partial charge in [-0.1, -0.05) is 31.9 Å². The van der Waals surface area contributed by atoms with Crippen LogP contribution in [0.4, 0.5) is 0 Å². The van der Waals surface area contributed by atoms with E-state index < -0.39 is 0 Å². The maximum absolute atomic E-state index is 10.0. The fraction of sp³-hybridized carbons (Fsp3) is 0.900. The van der Waals surface area contributed by atoms with Crippen LogP contribution in [0.1, 0.15) is 65.7 Å². The third-order valence-corrected chi connectivity index (χ3v) is 7.69. The van der Waals surface area contributed by atoms with Gasteiger partial charge in [0.1, 0.15) is 0 Å². The van der Waals surface area contributed by atoms with Gasteiger partial charge in [0.05, 0.1) is 6.10 Å². The first kappa shape index (κ1) is 17.4. The summed E-state index contributed by atoms with van der Waals surface area (Å²) in [6.45, 7) is 8.06. The molecule has 0 saturated heterocycles. The van der Waals surface area contributed by atoms with Crippen molar-refractivity contribution in [1.82, 2.24) is 0 Å². The van der Waals surface area contributed by atoms with Crippen LogP contribution in [0.25, 0.3) is 0 Å². The molecule has 0 aromatic heterocycles. The molecule has 1 fully saturated rings. The third kappa shape index (κ3) is 2.79. The summed E-state index contributed by atoms with van der Waals surface area (Å²) in [5.41, 5.74) is 10.1. The summed E-state index contributed by atoms with van der Waals surface area (Å²) in [5, 5.41) is 20.0. The van der Waals surface area contributed by atoms with E-state index in [0.29, 0.717) is 17.3 Å². The maximum Gasteiger partial charge on any atom is 0.0544 e. The van der Waals surface area contributed by atoms with Crippen molar-refractivity contribution in [2.24, 2.45) is 34.3 Å². The van der Waals surface area contributed by atoms with Crippen molar-refractivity contribution in [2.75, 3.05) is 13.2 Å². The highest BCUT2D eigenvalue weighted by Crippen LogP contribution is 2.58. The molecule has 23 heavy (non-hydrogen) atoms. The van der Waals surface area contributed by atoms with Crippen molar-refractivity contribution in [3.05, 3.63) is 11.1 Å². The topological polar surface area (TPSA) is 66.5 Å². The Balaban J connectivity index is 1.91. The molecule has 2 unspecified atom stereocenters. The molecular formula is C20H35NO2. The van der Waals surface area contributed by atoms with Crippen LogP contribution in [0.2, 0.25) is 0 Å². The fourth-order valence-corrected chi connectivity index (χ4v) is 6.10.